The Hall–Kier alpha value is -1.96. The molecule has 1 aromatic carbocycles. The number of rotatable bonds is 5. The molecule has 20 heavy (non-hydrogen) atoms. The fraction of sp³-hybridized carbons (Fsp3) is 0.250. The van der Waals surface area contributed by atoms with Crippen LogP contribution >= 0.6 is 0 Å². The average molecular weight is 301 g/mol. The average Bonchev–Trinajstić information content (AvgIpc) is 2.93. The van der Waals surface area contributed by atoms with Gasteiger partial charge in [-0.2, -0.15) is 13.9 Å². The molecule has 0 amide bonds. The fourth-order valence-electron chi connectivity index (χ4n) is 1.74. The Bertz CT molecular complexity index is 672. The number of nitrogens with one attached hydrogen (secondary N) is 2. The molecular formula is C12H13F2N3O2S. The van der Waals surface area contributed by atoms with Gasteiger partial charge in [0.05, 0.1) is 22.8 Å². The Labute approximate surface area is 114 Å². The van der Waals surface area contributed by atoms with Gasteiger partial charge in [0.25, 0.3) is 0 Å². The summed E-state index contributed by atoms with van der Waals surface area (Å²) in [5.74, 6) is -3.45. The van der Waals surface area contributed by atoms with E-state index >= 15 is 0 Å². The van der Waals surface area contributed by atoms with Crippen molar-refractivity contribution in [3.05, 3.63) is 42.2 Å². The molecule has 8 heteroatoms. The predicted octanol–water partition coefficient (Wildman–Crippen LogP) is 2.58. The van der Waals surface area contributed by atoms with Gasteiger partial charge in [-0.05, 0) is 19.1 Å². The molecule has 1 heterocycles. The van der Waals surface area contributed by atoms with Crippen molar-refractivity contribution in [3.63, 3.8) is 0 Å². The van der Waals surface area contributed by atoms with Gasteiger partial charge in [0.2, 0.25) is 9.84 Å². The number of aromatic amines is 1. The van der Waals surface area contributed by atoms with Crippen LogP contribution in [0.2, 0.25) is 0 Å². The van der Waals surface area contributed by atoms with Crippen molar-refractivity contribution < 1.29 is 17.2 Å². The quantitative estimate of drug-likeness (QED) is 0.890. The molecule has 1 atom stereocenters. The molecule has 0 radical (unpaired) electrons. The summed E-state index contributed by atoms with van der Waals surface area (Å²) in [5, 5.41) is 9.31. The molecule has 2 rings (SSSR count). The number of benzene rings is 1. The van der Waals surface area contributed by atoms with Crippen LogP contribution in [0.5, 0.6) is 0 Å². The normalized spacial score (nSPS) is 13.4. The lowest BCUT2D eigenvalue weighted by atomic mass is 10.2. The van der Waals surface area contributed by atoms with Crippen molar-refractivity contribution in [1.82, 2.24) is 10.2 Å². The van der Waals surface area contributed by atoms with Gasteiger partial charge in [-0.1, -0.05) is 12.1 Å². The zero-order valence-electron chi connectivity index (χ0n) is 10.5. The first-order valence-corrected chi connectivity index (χ1v) is 7.34. The van der Waals surface area contributed by atoms with E-state index in [-0.39, 0.29) is 11.7 Å². The van der Waals surface area contributed by atoms with Crippen LogP contribution in [-0.4, -0.2) is 24.4 Å². The number of aromatic nitrogens is 2. The van der Waals surface area contributed by atoms with E-state index in [4.69, 9.17) is 0 Å². The van der Waals surface area contributed by atoms with Crippen molar-refractivity contribution >= 4 is 15.5 Å². The van der Waals surface area contributed by atoms with Crippen LogP contribution < -0.4 is 5.32 Å². The van der Waals surface area contributed by atoms with Gasteiger partial charge in [-0.15, -0.1) is 0 Å². The summed E-state index contributed by atoms with van der Waals surface area (Å²) in [6.45, 7) is 1.77. The smallest absolute Gasteiger partial charge is 0.341 e. The first kappa shape index (κ1) is 14.4. The van der Waals surface area contributed by atoms with Crippen LogP contribution in [0, 0.1) is 0 Å². The van der Waals surface area contributed by atoms with E-state index in [0.29, 0.717) is 0 Å². The Balaban J connectivity index is 2.34. The highest BCUT2D eigenvalue weighted by molar-refractivity contribution is 7.91. The first-order valence-electron chi connectivity index (χ1n) is 5.79. The minimum atomic E-state index is -4.64. The number of halogens is 2. The summed E-state index contributed by atoms with van der Waals surface area (Å²) in [4.78, 5) is -0.412. The van der Waals surface area contributed by atoms with Crippen molar-refractivity contribution in [1.29, 1.82) is 0 Å². The first-order chi connectivity index (χ1) is 9.43. The van der Waals surface area contributed by atoms with E-state index in [0.717, 1.165) is 11.6 Å². The number of alkyl halides is 2. The number of anilines is 1. The fourth-order valence-corrected chi connectivity index (χ4v) is 2.64. The van der Waals surface area contributed by atoms with E-state index < -0.39 is 20.5 Å². The SMILES string of the molecule is CC(Nc1ccccc1S(=O)(=O)C(F)F)c1cn[nH]c1. The second-order valence-electron chi connectivity index (χ2n) is 4.20. The lowest BCUT2D eigenvalue weighted by Crippen LogP contribution is -2.15. The molecule has 0 aliphatic carbocycles. The molecule has 0 aliphatic heterocycles. The van der Waals surface area contributed by atoms with Crippen molar-refractivity contribution in [3.8, 4) is 0 Å². The zero-order valence-corrected chi connectivity index (χ0v) is 11.4. The highest BCUT2D eigenvalue weighted by atomic mass is 32.2. The van der Waals surface area contributed by atoms with Crippen LogP contribution in [0.25, 0.3) is 0 Å². The summed E-state index contributed by atoms with van der Waals surface area (Å²) in [5.41, 5.74) is 0.927. The summed E-state index contributed by atoms with van der Waals surface area (Å²) >= 11 is 0. The van der Waals surface area contributed by atoms with Crippen LogP contribution in [0.3, 0.4) is 0 Å². The minimum Gasteiger partial charge on any atom is -0.377 e. The topological polar surface area (TPSA) is 74.8 Å². The molecule has 0 saturated heterocycles. The van der Waals surface area contributed by atoms with Gasteiger partial charge >= 0.3 is 5.76 Å². The largest absolute Gasteiger partial charge is 0.377 e. The monoisotopic (exact) mass is 301 g/mol. The maximum atomic E-state index is 12.7. The number of nitrogens with zero attached hydrogens (tertiary/aromatic N) is 1. The molecule has 1 unspecified atom stereocenters. The second kappa shape index (κ2) is 5.58. The van der Waals surface area contributed by atoms with Crippen LogP contribution in [0.4, 0.5) is 14.5 Å². The highest BCUT2D eigenvalue weighted by Gasteiger charge is 2.29. The maximum absolute atomic E-state index is 12.7. The molecule has 0 saturated carbocycles. The van der Waals surface area contributed by atoms with Gasteiger partial charge in [0, 0.05) is 11.8 Å². The Morgan fingerprint density at radius 2 is 2.00 bits per heavy atom. The Morgan fingerprint density at radius 3 is 2.60 bits per heavy atom. The van der Waals surface area contributed by atoms with Gasteiger partial charge in [0.15, 0.2) is 0 Å². The second-order valence-corrected chi connectivity index (χ2v) is 6.09. The van der Waals surface area contributed by atoms with Gasteiger partial charge < -0.3 is 5.32 Å². The summed E-state index contributed by atoms with van der Waals surface area (Å²) in [7, 11) is -4.64. The third-order valence-corrected chi connectivity index (χ3v) is 4.26. The number of para-hydroxylation sites is 1. The molecule has 108 valence electrons. The van der Waals surface area contributed by atoms with E-state index in [1.165, 1.54) is 12.1 Å². The van der Waals surface area contributed by atoms with E-state index in [1.807, 2.05) is 0 Å². The number of sulfone groups is 1. The Morgan fingerprint density at radius 1 is 1.30 bits per heavy atom. The molecule has 0 fully saturated rings. The number of hydrogen-bond acceptors (Lipinski definition) is 4. The third kappa shape index (κ3) is 2.79. The zero-order chi connectivity index (χ0) is 14.8. The lowest BCUT2D eigenvalue weighted by molar-refractivity contribution is 0.235. The van der Waals surface area contributed by atoms with Crippen LogP contribution in [0.15, 0.2) is 41.6 Å². The predicted molar refractivity (Wildman–Crippen MR) is 70.3 cm³/mol. The third-order valence-electron chi connectivity index (χ3n) is 2.82. The van der Waals surface area contributed by atoms with Crippen molar-refractivity contribution in [2.45, 2.75) is 23.6 Å². The molecular weight excluding hydrogens is 288 g/mol. The van der Waals surface area contributed by atoms with E-state index in [2.05, 4.69) is 15.5 Å². The summed E-state index contributed by atoms with van der Waals surface area (Å²) < 4.78 is 48.5. The number of H-pyrrole nitrogens is 1. The van der Waals surface area contributed by atoms with Crippen LogP contribution in [0.1, 0.15) is 18.5 Å². The molecule has 1 aromatic heterocycles. The molecule has 5 nitrogen and oxygen atoms in total. The van der Waals surface area contributed by atoms with Crippen molar-refractivity contribution in [2.75, 3.05) is 5.32 Å². The standard InChI is InChI=1S/C12H13F2N3O2S/c1-8(9-6-15-16-7-9)17-10-4-2-3-5-11(10)20(18,19)12(13)14/h2-8,12,17H,1H3,(H,15,16). The lowest BCUT2D eigenvalue weighted by Gasteiger charge is -2.16. The van der Waals surface area contributed by atoms with Gasteiger partial charge in [0.1, 0.15) is 0 Å². The van der Waals surface area contributed by atoms with Crippen molar-refractivity contribution in [2.24, 2.45) is 0 Å². The summed E-state index contributed by atoms with van der Waals surface area (Å²) in [6, 6.07) is 5.32. The minimum absolute atomic E-state index is 0.140. The van der Waals surface area contributed by atoms with E-state index in [9.17, 15) is 17.2 Å². The Kier molecular flexibility index (Phi) is 4.03. The van der Waals surface area contributed by atoms with E-state index in [1.54, 1.807) is 25.4 Å². The highest BCUT2D eigenvalue weighted by Crippen LogP contribution is 2.28. The molecule has 0 aliphatic rings. The van der Waals surface area contributed by atoms with Gasteiger partial charge in [-0.3, -0.25) is 5.10 Å². The van der Waals surface area contributed by atoms with Gasteiger partial charge in [-0.25, -0.2) is 8.42 Å². The molecule has 0 bridgehead atoms. The molecule has 2 N–H and O–H groups in total. The maximum Gasteiger partial charge on any atom is 0.341 e. The van der Waals surface area contributed by atoms with Crippen LogP contribution in [-0.2, 0) is 9.84 Å². The molecule has 0 spiro atoms. The molecule has 2 aromatic rings. The number of hydrogen-bond donors (Lipinski definition) is 2. The summed E-state index contributed by atoms with van der Waals surface area (Å²) in [6.07, 6.45) is 3.21.